The van der Waals surface area contributed by atoms with Crippen LogP contribution in [-0.2, 0) is 23.3 Å². The minimum atomic E-state index is -0.348. The fourth-order valence-electron chi connectivity index (χ4n) is 4.38. The lowest BCUT2D eigenvalue weighted by Crippen LogP contribution is -2.37. The molecule has 2 aromatic heterocycles. The van der Waals surface area contributed by atoms with Gasteiger partial charge in [0, 0.05) is 16.4 Å². The summed E-state index contributed by atoms with van der Waals surface area (Å²) in [6, 6.07) is 10.6. The third-order valence-corrected chi connectivity index (χ3v) is 6.33. The lowest BCUT2D eigenvalue weighted by molar-refractivity contribution is 0.132. The van der Waals surface area contributed by atoms with E-state index in [0.29, 0.717) is 13.2 Å². The summed E-state index contributed by atoms with van der Waals surface area (Å²) in [6.45, 7) is 11.3. The Hall–Kier alpha value is -2.88. The van der Waals surface area contributed by atoms with E-state index in [9.17, 15) is 4.79 Å². The fourth-order valence-corrected chi connectivity index (χ4v) is 4.38. The predicted molar refractivity (Wildman–Crippen MR) is 107 cm³/mol. The molecule has 0 fully saturated rings. The van der Waals surface area contributed by atoms with Crippen molar-refractivity contribution >= 4 is 10.9 Å². The van der Waals surface area contributed by atoms with Gasteiger partial charge in [0.05, 0.1) is 34.8 Å². The first kappa shape index (κ1) is 16.3. The number of allylic oxidation sites excluding steroid dienone is 1. The van der Waals surface area contributed by atoms with Crippen molar-refractivity contribution in [3.8, 4) is 11.4 Å². The Labute approximate surface area is 158 Å². The van der Waals surface area contributed by atoms with Crippen LogP contribution in [0.5, 0.6) is 0 Å². The lowest BCUT2D eigenvalue weighted by Gasteiger charge is -2.37. The van der Waals surface area contributed by atoms with E-state index < -0.39 is 0 Å². The van der Waals surface area contributed by atoms with Crippen LogP contribution < -0.4 is 5.56 Å². The first-order valence-electron chi connectivity index (χ1n) is 9.42. The molecule has 1 aromatic carbocycles. The summed E-state index contributed by atoms with van der Waals surface area (Å²) in [7, 11) is 0. The molecule has 0 N–H and O–H groups in total. The Balaban J connectivity index is 1.80. The molecule has 5 rings (SSSR count). The molecule has 4 heterocycles. The van der Waals surface area contributed by atoms with Crippen molar-refractivity contribution in [3.63, 3.8) is 0 Å². The zero-order valence-electron chi connectivity index (χ0n) is 15.9. The number of aromatic nitrogens is 2. The smallest absolute Gasteiger partial charge is 0.258 e. The SMILES string of the molecule is C=C1OCc2c(cc3n(c2=O)Cc2cc4cc(C)ccc4nc2-3)[C@@]1(C)CC. The van der Waals surface area contributed by atoms with Gasteiger partial charge < -0.3 is 9.30 Å². The summed E-state index contributed by atoms with van der Waals surface area (Å²) in [5, 5.41) is 1.12. The number of benzene rings is 1. The van der Waals surface area contributed by atoms with Gasteiger partial charge in [0.2, 0.25) is 0 Å². The van der Waals surface area contributed by atoms with Crippen LogP contribution in [0.2, 0.25) is 0 Å². The topological polar surface area (TPSA) is 44.1 Å². The fraction of sp³-hybridized carbons (Fsp3) is 0.304. The van der Waals surface area contributed by atoms with Gasteiger partial charge in [-0.1, -0.05) is 25.1 Å². The first-order valence-corrected chi connectivity index (χ1v) is 9.42. The number of fused-ring (bicyclic) bond motifs is 5. The zero-order chi connectivity index (χ0) is 18.9. The molecule has 0 saturated heterocycles. The van der Waals surface area contributed by atoms with Gasteiger partial charge in [0.15, 0.2) is 0 Å². The van der Waals surface area contributed by atoms with E-state index in [1.807, 2.05) is 4.57 Å². The molecule has 4 nitrogen and oxygen atoms in total. The van der Waals surface area contributed by atoms with Crippen molar-refractivity contribution < 1.29 is 4.74 Å². The standard InChI is InChI=1S/C23H22N2O2/c1-5-23(4)14(3)27-12-17-18(23)10-20-21-16(11-25(20)22(17)26)9-15-8-13(2)6-7-19(15)24-21/h6-10H,3,5,11-12H2,1-2,4H3/t23-/m0/s1. The number of nitrogens with zero attached hydrogens (tertiary/aromatic N) is 2. The van der Waals surface area contributed by atoms with Crippen molar-refractivity contribution in [1.82, 2.24) is 9.55 Å². The van der Waals surface area contributed by atoms with Crippen molar-refractivity contribution in [1.29, 1.82) is 0 Å². The summed E-state index contributed by atoms with van der Waals surface area (Å²) in [5.41, 5.74) is 6.58. The van der Waals surface area contributed by atoms with Gasteiger partial charge in [-0.15, -0.1) is 0 Å². The highest BCUT2D eigenvalue weighted by atomic mass is 16.5. The molecule has 0 spiro atoms. The Morgan fingerprint density at radius 3 is 2.89 bits per heavy atom. The monoisotopic (exact) mass is 358 g/mol. The maximum Gasteiger partial charge on any atom is 0.258 e. The highest BCUT2D eigenvalue weighted by Crippen LogP contribution is 2.43. The predicted octanol–water partition coefficient (Wildman–Crippen LogP) is 4.45. The summed E-state index contributed by atoms with van der Waals surface area (Å²) < 4.78 is 7.62. The van der Waals surface area contributed by atoms with E-state index in [1.54, 1.807) is 0 Å². The van der Waals surface area contributed by atoms with Crippen LogP contribution >= 0.6 is 0 Å². The van der Waals surface area contributed by atoms with E-state index in [0.717, 1.165) is 51.2 Å². The van der Waals surface area contributed by atoms with Crippen LogP contribution in [0.25, 0.3) is 22.3 Å². The molecule has 0 aliphatic carbocycles. The summed E-state index contributed by atoms with van der Waals surface area (Å²) in [4.78, 5) is 18.2. The van der Waals surface area contributed by atoms with Crippen molar-refractivity contribution in [2.24, 2.45) is 0 Å². The van der Waals surface area contributed by atoms with Gasteiger partial charge in [-0.3, -0.25) is 4.79 Å². The normalized spacial score (nSPS) is 20.2. The number of hydrogen-bond donors (Lipinski definition) is 0. The Bertz CT molecular complexity index is 1210. The second-order valence-corrected chi connectivity index (χ2v) is 7.90. The van der Waals surface area contributed by atoms with Crippen LogP contribution in [0.3, 0.4) is 0 Å². The van der Waals surface area contributed by atoms with Crippen LogP contribution in [0, 0.1) is 6.92 Å². The second kappa shape index (κ2) is 5.32. The molecular formula is C23H22N2O2. The summed E-state index contributed by atoms with van der Waals surface area (Å²) in [5.74, 6) is 0.738. The van der Waals surface area contributed by atoms with E-state index in [2.05, 4.69) is 57.7 Å². The Kier molecular flexibility index (Phi) is 3.21. The zero-order valence-corrected chi connectivity index (χ0v) is 15.9. The van der Waals surface area contributed by atoms with Crippen molar-refractivity contribution in [2.45, 2.75) is 45.8 Å². The van der Waals surface area contributed by atoms with Gasteiger partial charge >= 0.3 is 0 Å². The summed E-state index contributed by atoms with van der Waals surface area (Å²) >= 11 is 0. The van der Waals surface area contributed by atoms with Crippen molar-refractivity contribution in [3.05, 3.63) is 75.3 Å². The van der Waals surface area contributed by atoms with Crippen LogP contribution in [0.1, 0.15) is 42.5 Å². The second-order valence-electron chi connectivity index (χ2n) is 7.90. The number of pyridine rings is 2. The number of ether oxygens (including phenoxy) is 1. The van der Waals surface area contributed by atoms with Gasteiger partial charge in [-0.05, 0) is 50.1 Å². The van der Waals surface area contributed by atoms with E-state index in [4.69, 9.17) is 9.72 Å². The number of aryl methyl sites for hydroxylation is 1. The average molecular weight is 358 g/mol. The summed E-state index contributed by atoms with van der Waals surface area (Å²) in [6.07, 6.45) is 0.832. The molecule has 4 heteroatoms. The Morgan fingerprint density at radius 2 is 2.11 bits per heavy atom. The van der Waals surface area contributed by atoms with E-state index in [-0.39, 0.29) is 11.0 Å². The maximum absolute atomic E-state index is 13.3. The van der Waals surface area contributed by atoms with E-state index >= 15 is 0 Å². The van der Waals surface area contributed by atoms with Crippen LogP contribution in [0.4, 0.5) is 0 Å². The van der Waals surface area contributed by atoms with Gasteiger partial charge in [-0.2, -0.15) is 0 Å². The lowest BCUT2D eigenvalue weighted by atomic mass is 9.75. The maximum atomic E-state index is 13.3. The third kappa shape index (κ3) is 2.10. The molecule has 3 aromatic rings. The largest absolute Gasteiger partial charge is 0.493 e. The Morgan fingerprint density at radius 1 is 1.30 bits per heavy atom. The molecule has 2 aliphatic rings. The minimum Gasteiger partial charge on any atom is -0.493 e. The molecule has 0 saturated carbocycles. The molecule has 0 amide bonds. The minimum absolute atomic E-state index is 0.0351. The average Bonchev–Trinajstić information content (AvgIpc) is 3.01. The van der Waals surface area contributed by atoms with Gasteiger partial charge in [0.25, 0.3) is 5.56 Å². The molecule has 0 bridgehead atoms. The quantitative estimate of drug-likeness (QED) is 0.505. The van der Waals surface area contributed by atoms with Gasteiger partial charge in [-0.25, -0.2) is 4.98 Å². The number of hydrogen-bond acceptors (Lipinski definition) is 3. The molecular weight excluding hydrogens is 336 g/mol. The molecule has 2 aliphatic heterocycles. The number of rotatable bonds is 1. The molecule has 1 atom stereocenters. The van der Waals surface area contributed by atoms with Crippen LogP contribution in [0.15, 0.2) is 47.5 Å². The van der Waals surface area contributed by atoms with Crippen LogP contribution in [-0.4, -0.2) is 9.55 Å². The van der Waals surface area contributed by atoms with E-state index in [1.165, 1.54) is 5.56 Å². The van der Waals surface area contributed by atoms with Gasteiger partial charge in [0.1, 0.15) is 6.61 Å². The molecule has 136 valence electrons. The highest BCUT2D eigenvalue weighted by molar-refractivity contribution is 5.84. The third-order valence-electron chi connectivity index (χ3n) is 6.33. The molecule has 27 heavy (non-hydrogen) atoms. The highest BCUT2D eigenvalue weighted by Gasteiger charge is 2.39. The molecule has 0 unspecified atom stereocenters. The van der Waals surface area contributed by atoms with Crippen molar-refractivity contribution in [2.75, 3.05) is 0 Å². The molecule has 0 radical (unpaired) electrons. The first-order chi connectivity index (χ1) is 12.9.